The molecule has 0 spiro atoms. The molecule has 2 aromatic heterocycles. The molecule has 0 radical (unpaired) electrons. The van der Waals surface area contributed by atoms with Gasteiger partial charge in [-0.1, -0.05) is 42.5 Å². The van der Waals surface area contributed by atoms with Gasteiger partial charge in [-0.2, -0.15) is 0 Å². The minimum Gasteiger partial charge on any atom is -0.264 e. The zero-order valence-corrected chi connectivity index (χ0v) is 12.0. The normalized spacial score (nSPS) is 10.7. The van der Waals surface area contributed by atoms with Gasteiger partial charge >= 0.3 is 0 Å². The van der Waals surface area contributed by atoms with Crippen molar-refractivity contribution in [2.24, 2.45) is 0 Å². The van der Waals surface area contributed by atoms with Crippen molar-refractivity contribution in [2.75, 3.05) is 0 Å². The third-order valence-electron chi connectivity index (χ3n) is 3.85. The molecule has 2 heterocycles. The molecule has 0 amide bonds. The van der Waals surface area contributed by atoms with Gasteiger partial charge in [-0.15, -0.1) is 0 Å². The molecule has 0 aliphatic heterocycles. The maximum absolute atomic E-state index is 4.25. The van der Waals surface area contributed by atoms with Gasteiger partial charge in [0.15, 0.2) is 0 Å². The molecule has 0 N–H and O–H groups in total. The van der Waals surface area contributed by atoms with Crippen LogP contribution in [0.2, 0.25) is 0 Å². The number of pyridine rings is 2. The van der Waals surface area contributed by atoms with Crippen LogP contribution in [0.4, 0.5) is 0 Å². The lowest BCUT2D eigenvalue weighted by Gasteiger charge is -2.02. The highest BCUT2D eigenvalue weighted by atomic mass is 14.6. The van der Waals surface area contributed by atoms with Gasteiger partial charge in [-0.3, -0.25) is 9.97 Å². The van der Waals surface area contributed by atoms with Gasteiger partial charge in [0.2, 0.25) is 0 Å². The van der Waals surface area contributed by atoms with Crippen molar-refractivity contribution in [1.82, 2.24) is 9.97 Å². The topological polar surface area (TPSA) is 25.8 Å². The monoisotopic (exact) mass is 282 g/mol. The van der Waals surface area contributed by atoms with Crippen molar-refractivity contribution in [1.29, 1.82) is 0 Å². The van der Waals surface area contributed by atoms with Crippen LogP contribution >= 0.6 is 0 Å². The van der Waals surface area contributed by atoms with Crippen LogP contribution in [-0.2, 0) is 0 Å². The molecule has 2 nitrogen and oxygen atoms in total. The summed E-state index contributed by atoms with van der Waals surface area (Å²) in [5, 5.41) is 0. The van der Waals surface area contributed by atoms with E-state index in [1.807, 2.05) is 24.5 Å². The fourth-order valence-corrected chi connectivity index (χ4v) is 2.84. The number of rotatable bonds is 2. The fraction of sp³-hybridized carbons (Fsp3) is 0. The zero-order valence-electron chi connectivity index (χ0n) is 12.0. The van der Waals surface area contributed by atoms with E-state index in [1.165, 1.54) is 22.3 Å². The molecule has 0 fully saturated rings. The largest absolute Gasteiger partial charge is 0.264 e. The summed E-state index contributed by atoms with van der Waals surface area (Å²) >= 11 is 0. The van der Waals surface area contributed by atoms with Crippen LogP contribution in [0.1, 0.15) is 0 Å². The fourth-order valence-electron chi connectivity index (χ4n) is 2.84. The van der Waals surface area contributed by atoms with E-state index in [4.69, 9.17) is 0 Å². The molecule has 2 aliphatic rings. The van der Waals surface area contributed by atoms with Crippen molar-refractivity contribution in [2.45, 2.75) is 0 Å². The van der Waals surface area contributed by atoms with Crippen LogP contribution in [0.3, 0.4) is 0 Å². The molecule has 0 saturated heterocycles. The highest BCUT2D eigenvalue weighted by Crippen LogP contribution is 2.42. The predicted octanol–water partition coefficient (Wildman–Crippen LogP) is 4.92. The molecule has 2 heteroatoms. The summed E-state index contributed by atoms with van der Waals surface area (Å²) in [6.07, 6.45) is 7.43. The first-order valence-electron chi connectivity index (χ1n) is 7.26. The average molecular weight is 282 g/mol. The van der Waals surface area contributed by atoms with Gasteiger partial charge in [0.05, 0.1) is 0 Å². The highest BCUT2D eigenvalue weighted by molar-refractivity contribution is 5.97. The molecular formula is C20H14N2. The Morgan fingerprint density at radius 2 is 1.05 bits per heavy atom. The van der Waals surface area contributed by atoms with Gasteiger partial charge in [-0.05, 0) is 40.5 Å². The summed E-state index contributed by atoms with van der Waals surface area (Å²) in [4.78, 5) is 8.51. The van der Waals surface area contributed by atoms with Crippen molar-refractivity contribution in [3.8, 4) is 33.4 Å². The van der Waals surface area contributed by atoms with Crippen LogP contribution in [0.15, 0.2) is 85.5 Å². The second-order valence-electron chi connectivity index (χ2n) is 5.19. The van der Waals surface area contributed by atoms with Crippen LogP contribution in [-0.4, -0.2) is 9.97 Å². The number of nitrogens with zero attached hydrogens (tertiary/aromatic N) is 2. The number of aromatic nitrogens is 2. The summed E-state index contributed by atoms with van der Waals surface area (Å²) < 4.78 is 0. The maximum atomic E-state index is 4.25. The first kappa shape index (κ1) is 12.7. The molecular weight excluding hydrogens is 268 g/mol. The Morgan fingerprint density at radius 3 is 1.50 bits per heavy atom. The predicted molar refractivity (Wildman–Crippen MR) is 89.5 cm³/mol. The molecule has 2 aromatic rings. The Balaban J connectivity index is 2.00. The highest BCUT2D eigenvalue weighted by Gasteiger charge is 2.17. The Kier molecular flexibility index (Phi) is 3.13. The van der Waals surface area contributed by atoms with E-state index in [2.05, 4.69) is 58.5 Å². The maximum Gasteiger partial charge on any atom is 0.0346 e. The standard InChI is InChI=1S/C20H14N2/c1-2-8-17-18(9-3-1)20(16-7-5-11-22-14-16)12-19(17)15-6-4-10-21-13-15/h1-14H. The molecule has 0 bridgehead atoms. The lowest BCUT2D eigenvalue weighted by molar-refractivity contribution is 1.33. The lowest BCUT2D eigenvalue weighted by Crippen LogP contribution is -1.78. The summed E-state index contributed by atoms with van der Waals surface area (Å²) in [6.45, 7) is 0. The summed E-state index contributed by atoms with van der Waals surface area (Å²) in [5.41, 5.74) is 7.15. The Hall–Kier alpha value is -3.00. The zero-order chi connectivity index (χ0) is 14.8. The Labute approximate surface area is 129 Å². The quantitative estimate of drug-likeness (QED) is 0.521. The summed E-state index contributed by atoms with van der Waals surface area (Å²) in [7, 11) is 0. The average Bonchev–Trinajstić information content (AvgIpc) is 2.78. The van der Waals surface area contributed by atoms with Gasteiger partial charge in [0.1, 0.15) is 0 Å². The molecule has 2 aliphatic carbocycles. The van der Waals surface area contributed by atoms with E-state index in [1.54, 1.807) is 12.4 Å². The van der Waals surface area contributed by atoms with Crippen LogP contribution in [0.5, 0.6) is 0 Å². The summed E-state index contributed by atoms with van der Waals surface area (Å²) in [5.74, 6) is 0. The van der Waals surface area contributed by atoms with Crippen LogP contribution < -0.4 is 0 Å². The molecule has 0 saturated carbocycles. The molecule has 104 valence electrons. The third kappa shape index (κ3) is 2.15. The number of fused-ring (bicyclic) bond motifs is 1. The molecule has 0 atom stereocenters. The first-order chi connectivity index (χ1) is 10.9. The molecule has 22 heavy (non-hydrogen) atoms. The van der Waals surface area contributed by atoms with Gasteiger partial charge in [0, 0.05) is 35.9 Å². The van der Waals surface area contributed by atoms with E-state index in [0.717, 1.165) is 11.1 Å². The lowest BCUT2D eigenvalue weighted by atomic mass is 10.0. The van der Waals surface area contributed by atoms with Crippen LogP contribution in [0, 0.1) is 0 Å². The van der Waals surface area contributed by atoms with Gasteiger partial charge in [0.25, 0.3) is 0 Å². The number of hydrogen-bond acceptors (Lipinski definition) is 2. The Morgan fingerprint density at radius 1 is 0.500 bits per heavy atom. The third-order valence-corrected chi connectivity index (χ3v) is 3.85. The van der Waals surface area contributed by atoms with E-state index in [9.17, 15) is 0 Å². The van der Waals surface area contributed by atoms with E-state index >= 15 is 0 Å². The van der Waals surface area contributed by atoms with E-state index in [0.29, 0.717) is 0 Å². The van der Waals surface area contributed by atoms with Crippen molar-refractivity contribution < 1.29 is 0 Å². The smallest absolute Gasteiger partial charge is 0.0346 e. The summed E-state index contributed by atoms with van der Waals surface area (Å²) in [6, 6.07) is 20.9. The minimum absolute atomic E-state index is 1.13. The van der Waals surface area contributed by atoms with E-state index in [-0.39, 0.29) is 0 Å². The van der Waals surface area contributed by atoms with E-state index < -0.39 is 0 Å². The van der Waals surface area contributed by atoms with Crippen LogP contribution in [0.25, 0.3) is 33.4 Å². The Bertz CT molecular complexity index is 799. The van der Waals surface area contributed by atoms with Crippen molar-refractivity contribution in [3.63, 3.8) is 0 Å². The second-order valence-corrected chi connectivity index (χ2v) is 5.19. The van der Waals surface area contributed by atoms with Gasteiger partial charge < -0.3 is 0 Å². The van der Waals surface area contributed by atoms with Gasteiger partial charge in [-0.25, -0.2) is 0 Å². The SMILES string of the molecule is c1ccc2c(-c3cccnc3)cc(-c3cccnc3)c-2cc1. The first-order valence-corrected chi connectivity index (χ1v) is 7.26. The second kappa shape index (κ2) is 5.41. The molecule has 0 aromatic carbocycles. The minimum atomic E-state index is 1.13. The molecule has 4 rings (SSSR count). The van der Waals surface area contributed by atoms with Crippen molar-refractivity contribution in [3.05, 3.63) is 85.5 Å². The van der Waals surface area contributed by atoms with Crippen molar-refractivity contribution >= 4 is 0 Å². The number of hydrogen-bond donors (Lipinski definition) is 0. The molecule has 0 unspecified atom stereocenters.